The number of benzene rings is 1. The van der Waals surface area contributed by atoms with Gasteiger partial charge in [0.2, 0.25) is 5.89 Å². The van der Waals surface area contributed by atoms with Crippen molar-refractivity contribution in [3.05, 3.63) is 36.0 Å². The summed E-state index contributed by atoms with van der Waals surface area (Å²) in [6.07, 6.45) is 0. The molecule has 0 spiro atoms. The standard InChI is InChI=1S/C12H16N4OS/c1-12(2,14)11-15-10(17-16-11)7-18-9-6-4-3-5-8(9)13/h3-6H,7,13-14H2,1-2H3. The fourth-order valence-electron chi connectivity index (χ4n) is 1.33. The van der Waals surface area contributed by atoms with Gasteiger partial charge in [0, 0.05) is 10.6 Å². The topological polar surface area (TPSA) is 91.0 Å². The van der Waals surface area contributed by atoms with Crippen LogP contribution in [0.15, 0.2) is 33.7 Å². The van der Waals surface area contributed by atoms with Crippen LogP contribution >= 0.6 is 11.8 Å². The zero-order valence-corrected chi connectivity index (χ0v) is 11.2. The molecule has 0 aliphatic heterocycles. The highest BCUT2D eigenvalue weighted by Gasteiger charge is 2.21. The van der Waals surface area contributed by atoms with Crippen LogP contribution in [0, 0.1) is 0 Å². The first kappa shape index (κ1) is 12.9. The van der Waals surface area contributed by atoms with Gasteiger partial charge in [-0.3, -0.25) is 0 Å². The quantitative estimate of drug-likeness (QED) is 0.649. The number of thioether (sulfide) groups is 1. The van der Waals surface area contributed by atoms with E-state index in [0.717, 1.165) is 10.6 Å². The number of nitrogens with two attached hydrogens (primary N) is 2. The van der Waals surface area contributed by atoms with Crippen molar-refractivity contribution in [3.63, 3.8) is 0 Å². The molecular formula is C12H16N4OS. The maximum absolute atomic E-state index is 5.89. The molecule has 1 aromatic heterocycles. The fourth-order valence-corrected chi connectivity index (χ4v) is 2.13. The van der Waals surface area contributed by atoms with E-state index in [-0.39, 0.29) is 0 Å². The normalized spacial score (nSPS) is 11.7. The van der Waals surface area contributed by atoms with E-state index in [0.29, 0.717) is 17.5 Å². The van der Waals surface area contributed by atoms with Crippen LogP contribution < -0.4 is 11.5 Å². The summed E-state index contributed by atoms with van der Waals surface area (Å²) in [5.74, 6) is 1.65. The summed E-state index contributed by atoms with van der Waals surface area (Å²) in [7, 11) is 0. The van der Waals surface area contributed by atoms with Crippen LogP contribution in [0.25, 0.3) is 0 Å². The van der Waals surface area contributed by atoms with Crippen molar-refractivity contribution < 1.29 is 4.52 Å². The molecule has 0 fully saturated rings. The first-order valence-electron chi connectivity index (χ1n) is 5.56. The van der Waals surface area contributed by atoms with E-state index in [9.17, 15) is 0 Å². The first-order chi connectivity index (χ1) is 8.47. The third-order valence-corrected chi connectivity index (χ3v) is 3.39. The summed E-state index contributed by atoms with van der Waals surface area (Å²) < 4.78 is 5.15. The van der Waals surface area contributed by atoms with E-state index in [1.807, 2.05) is 38.1 Å². The summed E-state index contributed by atoms with van der Waals surface area (Å²) >= 11 is 1.56. The highest BCUT2D eigenvalue weighted by atomic mass is 32.2. The number of aromatic nitrogens is 2. The van der Waals surface area contributed by atoms with Crippen molar-refractivity contribution >= 4 is 17.4 Å². The van der Waals surface area contributed by atoms with Gasteiger partial charge in [-0.2, -0.15) is 4.98 Å². The Bertz CT molecular complexity index is 533. The summed E-state index contributed by atoms with van der Waals surface area (Å²) in [5.41, 5.74) is 11.9. The van der Waals surface area contributed by atoms with Crippen molar-refractivity contribution in [1.29, 1.82) is 0 Å². The van der Waals surface area contributed by atoms with Gasteiger partial charge in [-0.25, -0.2) is 0 Å². The number of rotatable bonds is 4. The number of nitrogens with zero attached hydrogens (tertiary/aromatic N) is 2. The van der Waals surface area contributed by atoms with Crippen LogP contribution in [-0.4, -0.2) is 10.1 Å². The maximum atomic E-state index is 5.89. The van der Waals surface area contributed by atoms with Gasteiger partial charge >= 0.3 is 0 Å². The third-order valence-electron chi connectivity index (χ3n) is 2.31. The molecule has 4 N–H and O–H groups in total. The summed E-state index contributed by atoms with van der Waals surface area (Å²) in [4.78, 5) is 5.27. The Morgan fingerprint density at radius 1 is 1.33 bits per heavy atom. The largest absolute Gasteiger partial charge is 0.398 e. The lowest BCUT2D eigenvalue weighted by Gasteiger charge is -2.11. The Labute approximate surface area is 110 Å². The van der Waals surface area contributed by atoms with Gasteiger partial charge in [-0.15, -0.1) is 11.8 Å². The van der Waals surface area contributed by atoms with E-state index in [4.69, 9.17) is 16.0 Å². The van der Waals surface area contributed by atoms with Crippen molar-refractivity contribution in [1.82, 2.24) is 10.1 Å². The molecule has 0 aliphatic rings. The van der Waals surface area contributed by atoms with Gasteiger partial charge in [0.15, 0.2) is 5.82 Å². The van der Waals surface area contributed by atoms with Crippen molar-refractivity contribution in [2.75, 3.05) is 5.73 Å². The molecule has 5 nitrogen and oxygen atoms in total. The van der Waals surface area contributed by atoms with E-state index >= 15 is 0 Å². The smallest absolute Gasteiger partial charge is 0.237 e. The number of nitrogen functional groups attached to an aromatic ring is 1. The number of para-hydroxylation sites is 1. The summed E-state index contributed by atoms with van der Waals surface area (Å²) in [5, 5.41) is 3.87. The highest BCUT2D eigenvalue weighted by Crippen LogP contribution is 2.27. The molecule has 0 aliphatic carbocycles. The predicted octanol–water partition coefficient (Wildman–Crippen LogP) is 2.14. The van der Waals surface area contributed by atoms with E-state index in [2.05, 4.69) is 10.1 Å². The molecule has 0 saturated heterocycles. The molecule has 0 saturated carbocycles. The van der Waals surface area contributed by atoms with Gasteiger partial charge < -0.3 is 16.0 Å². The molecule has 18 heavy (non-hydrogen) atoms. The molecule has 1 heterocycles. The molecular weight excluding hydrogens is 248 g/mol. The molecule has 2 aromatic rings. The SMILES string of the molecule is CC(C)(N)c1noc(CSc2ccccc2N)n1. The molecule has 1 aromatic carbocycles. The molecule has 2 rings (SSSR count). The molecule has 0 radical (unpaired) electrons. The third kappa shape index (κ3) is 3.02. The average molecular weight is 264 g/mol. The van der Waals surface area contributed by atoms with Gasteiger partial charge in [0.05, 0.1) is 11.3 Å². The second kappa shape index (κ2) is 4.99. The van der Waals surface area contributed by atoms with E-state index < -0.39 is 5.54 Å². The fraction of sp³-hybridized carbons (Fsp3) is 0.333. The minimum absolute atomic E-state index is 0.513. The minimum Gasteiger partial charge on any atom is -0.398 e. The van der Waals surface area contributed by atoms with Gasteiger partial charge in [0.1, 0.15) is 0 Å². The van der Waals surface area contributed by atoms with Crippen molar-refractivity contribution in [2.24, 2.45) is 5.73 Å². The van der Waals surface area contributed by atoms with Gasteiger partial charge in [-0.05, 0) is 26.0 Å². The van der Waals surface area contributed by atoms with Crippen LogP contribution in [0.2, 0.25) is 0 Å². The molecule has 0 unspecified atom stereocenters. The molecule has 0 atom stereocenters. The Morgan fingerprint density at radius 2 is 2.06 bits per heavy atom. The van der Waals surface area contributed by atoms with Crippen LogP contribution in [0.1, 0.15) is 25.6 Å². The van der Waals surface area contributed by atoms with Gasteiger partial charge in [0.25, 0.3) is 0 Å². The number of anilines is 1. The van der Waals surface area contributed by atoms with Crippen molar-refractivity contribution in [3.8, 4) is 0 Å². The lowest BCUT2D eigenvalue weighted by Crippen LogP contribution is -2.30. The minimum atomic E-state index is -0.585. The van der Waals surface area contributed by atoms with E-state index in [1.165, 1.54) is 0 Å². The summed E-state index contributed by atoms with van der Waals surface area (Å²) in [6, 6.07) is 7.68. The lowest BCUT2D eigenvalue weighted by atomic mass is 10.1. The van der Waals surface area contributed by atoms with Crippen LogP contribution in [0.5, 0.6) is 0 Å². The van der Waals surface area contributed by atoms with E-state index in [1.54, 1.807) is 11.8 Å². The molecule has 0 bridgehead atoms. The second-order valence-electron chi connectivity index (χ2n) is 4.56. The average Bonchev–Trinajstić information content (AvgIpc) is 2.76. The maximum Gasteiger partial charge on any atom is 0.237 e. The zero-order chi connectivity index (χ0) is 13.2. The highest BCUT2D eigenvalue weighted by molar-refractivity contribution is 7.98. The lowest BCUT2D eigenvalue weighted by molar-refractivity contribution is 0.370. The number of hydrogen-bond donors (Lipinski definition) is 2. The second-order valence-corrected chi connectivity index (χ2v) is 5.58. The van der Waals surface area contributed by atoms with Crippen LogP contribution in [-0.2, 0) is 11.3 Å². The molecule has 0 amide bonds. The molecule has 96 valence electrons. The summed E-state index contributed by atoms with van der Waals surface area (Å²) in [6.45, 7) is 3.67. The monoisotopic (exact) mass is 264 g/mol. The predicted molar refractivity (Wildman–Crippen MR) is 71.9 cm³/mol. The van der Waals surface area contributed by atoms with Crippen molar-refractivity contribution in [2.45, 2.75) is 30.0 Å². The zero-order valence-electron chi connectivity index (χ0n) is 10.4. The van der Waals surface area contributed by atoms with Crippen LogP contribution in [0.3, 0.4) is 0 Å². The Hall–Kier alpha value is -1.53. The van der Waals surface area contributed by atoms with Gasteiger partial charge in [-0.1, -0.05) is 17.3 Å². The first-order valence-corrected chi connectivity index (χ1v) is 6.54. The Kier molecular flexibility index (Phi) is 3.58. The Balaban J connectivity index is 2.03. The molecule has 6 heteroatoms. The Morgan fingerprint density at radius 3 is 2.67 bits per heavy atom. The van der Waals surface area contributed by atoms with Crippen LogP contribution in [0.4, 0.5) is 5.69 Å². The number of hydrogen-bond acceptors (Lipinski definition) is 6.